The number of carbonyl (C=O) groups excluding carboxylic acids is 1. The maximum absolute atomic E-state index is 11.5. The highest BCUT2D eigenvalue weighted by Gasteiger charge is 2.52. The predicted molar refractivity (Wildman–Crippen MR) is 68.0 cm³/mol. The van der Waals surface area contributed by atoms with Gasteiger partial charge in [0.05, 0.1) is 12.7 Å². The van der Waals surface area contributed by atoms with Crippen LogP contribution in [-0.4, -0.2) is 41.7 Å². The minimum atomic E-state index is -0.564. The Bertz CT molecular complexity index is 541. The van der Waals surface area contributed by atoms with E-state index < -0.39 is 12.4 Å². The van der Waals surface area contributed by atoms with Gasteiger partial charge >= 0.3 is 6.21 Å². The first kappa shape index (κ1) is 13.1. The van der Waals surface area contributed by atoms with E-state index in [9.17, 15) is 4.79 Å². The molecule has 3 rings (SSSR count). The van der Waals surface area contributed by atoms with Crippen molar-refractivity contribution in [3.05, 3.63) is 41.4 Å². The van der Waals surface area contributed by atoms with Crippen LogP contribution in [0.2, 0.25) is 0 Å². The second-order valence-corrected chi connectivity index (χ2v) is 4.74. The summed E-state index contributed by atoms with van der Waals surface area (Å²) in [7, 11) is 0. The van der Waals surface area contributed by atoms with Crippen LogP contribution in [0.25, 0.3) is 5.53 Å². The van der Waals surface area contributed by atoms with Crippen molar-refractivity contribution in [1.82, 2.24) is 0 Å². The number of rotatable bonds is 4. The van der Waals surface area contributed by atoms with Crippen LogP contribution in [0.15, 0.2) is 30.3 Å². The molecule has 2 aliphatic rings. The molecular formula is C14H14N2O4. The number of ketones is 1. The molecule has 0 amide bonds. The molecule has 0 spiro atoms. The molecule has 0 bridgehead atoms. The molecule has 4 atom stereocenters. The summed E-state index contributed by atoms with van der Waals surface area (Å²) in [5, 5.41) is 0. The zero-order valence-electron chi connectivity index (χ0n) is 10.7. The zero-order valence-corrected chi connectivity index (χ0v) is 10.7. The zero-order chi connectivity index (χ0) is 13.9. The number of nitrogens with zero attached hydrogens (tertiary/aromatic N) is 2. The molecule has 0 N–H and O–H groups in total. The Hall–Kier alpha value is -1.85. The number of carbonyl (C=O) groups is 1. The van der Waals surface area contributed by atoms with E-state index in [0.717, 1.165) is 11.8 Å². The van der Waals surface area contributed by atoms with Crippen LogP contribution < -0.4 is 0 Å². The Labute approximate surface area is 115 Å². The fourth-order valence-electron chi connectivity index (χ4n) is 2.35. The number of benzene rings is 1. The standard InChI is InChI=1S/C14H14N2O4/c15-16-8-10(17)12-13(20-12)11-6-7-18-14(19-11)9-4-2-1-3-5-9/h1-5,8,11-14H,6-7H2/t11-,12+,13+,14-/m0/s1. The lowest BCUT2D eigenvalue weighted by molar-refractivity contribution is -0.221. The van der Waals surface area contributed by atoms with Gasteiger partial charge in [0.15, 0.2) is 12.4 Å². The molecule has 20 heavy (non-hydrogen) atoms. The van der Waals surface area contributed by atoms with Crippen LogP contribution in [0.1, 0.15) is 18.3 Å². The number of ether oxygens (including phenoxy) is 3. The number of hydrogen-bond donors (Lipinski definition) is 0. The van der Waals surface area contributed by atoms with Crippen LogP contribution in [0.4, 0.5) is 0 Å². The van der Waals surface area contributed by atoms with Gasteiger partial charge in [0, 0.05) is 5.56 Å². The Kier molecular flexibility index (Phi) is 3.71. The first-order valence-corrected chi connectivity index (χ1v) is 6.48. The van der Waals surface area contributed by atoms with Crippen LogP contribution in [-0.2, 0) is 19.0 Å². The summed E-state index contributed by atoms with van der Waals surface area (Å²) in [6, 6.07) is 9.63. The molecule has 2 aliphatic heterocycles. The first-order valence-electron chi connectivity index (χ1n) is 6.48. The minimum Gasteiger partial charge on any atom is -0.361 e. The van der Waals surface area contributed by atoms with E-state index in [1.165, 1.54) is 0 Å². The molecule has 2 fully saturated rings. The molecule has 0 radical (unpaired) electrons. The van der Waals surface area contributed by atoms with E-state index >= 15 is 0 Å². The van der Waals surface area contributed by atoms with E-state index in [0.29, 0.717) is 13.0 Å². The van der Waals surface area contributed by atoms with Gasteiger partial charge in [-0.2, -0.15) is 4.79 Å². The highest BCUT2D eigenvalue weighted by atomic mass is 16.7. The van der Waals surface area contributed by atoms with Crippen LogP contribution in [0.5, 0.6) is 0 Å². The molecule has 2 saturated heterocycles. The Morgan fingerprint density at radius 2 is 2.10 bits per heavy atom. The van der Waals surface area contributed by atoms with Crippen molar-refractivity contribution in [3.63, 3.8) is 0 Å². The van der Waals surface area contributed by atoms with Crippen molar-refractivity contribution in [2.45, 2.75) is 31.0 Å². The highest BCUT2D eigenvalue weighted by Crippen LogP contribution is 2.35. The average Bonchev–Trinajstić information content (AvgIpc) is 3.29. The Balaban J connectivity index is 1.63. The molecule has 1 aromatic carbocycles. The average molecular weight is 274 g/mol. The van der Waals surface area contributed by atoms with E-state index in [-0.39, 0.29) is 18.0 Å². The van der Waals surface area contributed by atoms with E-state index in [4.69, 9.17) is 19.7 Å². The van der Waals surface area contributed by atoms with Gasteiger partial charge in [-0.15, -0.1) is 0 Å². The van der Waals surface area contributed by atoms with Crippen LogP contribution in [0.3, 0.4) is 0 Å². The summed E-state index contributed by atoms with van der Waals surface area (Å²) < 4.78 is 16.8. The lowest BCUT2D eigenvalue weighted by atomic mass is 10.1. The molecule has 0 saturated carbocycles. The summed E-state index contributed by atoms with van der Waals surface area (Å²) >= 11 is 0. The quantitative estimate of drug-likeness (QED) is 0.356. The topological polar surface area (TPSA) is 84.5 Å². The van der Waals surface area contributed by atoms with Crippen LogP contribution in [0, 0.1) is 0 Å². The van der Waals surface area contributed by atoms with Crippen molar-refractivity contribution in [1.29, 1.82) is 0 Å². The van der Waals surface area contributed by atoms with Gasteiger partial charge in [-0.1, -0.05) is 30.3 Å². The lowest BCUT2D eigenvalue weighted by Crippen LogP contribution is -2.33. The lowest BCUT2D eigenvalue weighted by Gasteiger charge is -2.29. The molecule has 2 heterocycles. The Morgan fingerprint density at radius 3 is 2.85 bits per heavy atom. The number of Topliss-reactive ketones (excluding diaryl/α,β-unsaturated/α-hetero) is 1. The Morgan fingerprint density at radius 1 is 1.30 bits per heavy atom. The maximum atomic E-state index is 11.5. The summed E-state index contributed by atoms with van der Waals surface area (Å²) in [6.07, 6.45) is 0.0737. The second kappa shape index (κ2) is 5.64. The summed E-state index contributed by atoms with van der Waals surface area (Å²) in [5.74, 6) is -0.344. The summed E-state index contributed by atoms with van der Waals surface area (Å²) in [5.41, 5.74) is 9.28. The van der Waals surface area contributed by atoms with E-state index in [1.807, 2.05) is 30.3 Å². The fraction of sp³-hybridized carbons (Fsp3) is 0.429. The molecule has 0 unspecified atom stereocenters. The van der Waals surface area contributed by atoms with Crippen molar-refractivity contribution >= 4 is 12.0 Å². The van der Waals surface area contributed by atoms with Gasteiger partial charge in [0.2, 0.25) is 0 Å². The molecular weight excluding hydrogens is 260 g/mol. The van der Waals surface area contributed by atoms with Gasteiger partial charge in [0.1, 0.15) is 6.10 Å². The summed E-state index contributed by atoms with van der Waals surface area (Å²) in [4.78, 5) is 14.2. The van der Waals surface area contributed by atoms with Gasteiger partial charge in [-0.3, -0.25) is 4.79 Å². The predicted octanol–water partition coefficient (Wildman–Crippen LogP) is 1.13. The molecule has 6 nitrogen and oxygen atoms in total. The highest BCUT2D eigenvalue weighted by molar-refractivity contribution is 6.28. The van der Waals surface area contributed by atoms with Gasteiger partial charge in [-0.05, 0) is 6.42 Å². The second-order valence-electron chi connectivity index (χ2n) is 4.74. The van der Waals surface area contributed by atoms with Crippen molar-refractivity contribution in [2.75, 3.05) is 6.61 Å². The molecule has 0 aliphatic carbocycles. The number of hydrogen-bond acceptors (Lipinski definition) is 4. The number of epoxide rings is 1. The maximum Gasteiger partial charge on any atom is 0.326 e. The molecule has 104 valence electrons. The van der Waals surface area contributed by atoms with E-state index in [2.05, 4.69) is 4.79 Å². The largest absolute Gasteiger partial charge is 0.361 e. The third-order valence-electron chi connectivity index (χ3n) is 3.40. The third kappa shape index (κ3) is 2.69. The molecule has 1 aromatic rings. The third-order valence-corrected chi connectivity index (χ3v) is 3.40. The van der Waals surface area contributed by atoms with Crippen molar-refractivity contribution < 1.29 is 23.8 Å². The minimum absolute atomic E-state index is 0.185. The van der Waals surface area contributed by atoms with Gasteiger partial charge in [0.25, 0.3) is 5.78 Å². The SMILES string of the molecule is [N-]=[N+]=CC(=O)[C@H]1O[C@@H]1[C@@H]1CCO[C@H](c2ccccc2)O1. The molecule has 0 aromatic heterocycles. The van der Waals surface area contributed by atoms with Crippen molar-refractivity contribution in [3.8, 4) is 0 Å². The fourth-order valence-corrected chi connectivity index (χ4v) is 2.35. The summed E-state index contributed by atoms with van der Waals surface area (Å²) in [6.45, 7) is 0.555. The molecule has 6 heteroatoms. The monoisotopic (exact) mass is 274 g/mol. The first-order chi connectivity index (χ1) is 9.79. The van der Waals surface area contributed by atoms with Gasteiger partial charge < -0.3 is 19.7 Å². The van der Waals surface area contributed by atoms with Crippen LogP contribution >= 0.6 is 0 Å². The van der Waals surface area contributed by atoms with Crippen molar-refractivity contribution in [2.24, 2.45) is 0 Å². The van der Waals surface area contributed by atoms with Gasteiger partial charge in [-0.25, -0.2) is 0 Å². The smallest absolute Gasteiger partial charge is 0.326 e. The normalized spacial score (nSPS) is 32.2. The van der Waals surface area contributed by atoms with E-state index in [1.54, 1.807) is 0 Å².